The molecule has 0 aliphatic rings. The number of rotatable bonds is 5. The molecular formula is C13H21N3OS. The number of nitrogens with zero attached hydrogens (tertiary/aromatic N) is 2. The summed E-state index contributed by atoms with van der Waals surface area (Å²) in [7, 11) is 0. The molecule has 2 rings (SSSR count). The largest absolute Gasteiger partial charge is 0.394 e. The van der Waals surface area contributed by atoms with Gasteiger partial charge in [0.25, 0.3) is 0 Å². The van der Waals surface area contributed by atoms with E-state index in [0.717, 1.165) is 23.6 Å². The number of imidazole rings is 1. The van der Waals surface area contributed by atoms with Crippen molar-refractivity contribution in [3.63, 3.8) is 0 Å². The lowest BCUT2D eigenvalue weighted by Gasteiger charge is -2.27. The number of aromatic nitrogens is 2. The highest BCUT2D eigenvalue weighted by Crippen LogP contribution is 2.21. The van der Waals surface area contributed by atoms with Crippen LogP contribution in [0.4, 0.5) is 0 Å². The molecule has 0 aliphatic carbocycles. The smallest absolute Gasteiger partial charge is 0.194 e. The van der Waals surface area contributed by atoms with Crippen molar-refractivity contribution in [1.82, 2.24) is 14.7 Å². The van der Waals surface area contributed by atoms with Gasteiger partial charge in [-0.15, -0.1) is 11.3 Å². The molecule has 100 valence electrons. The van der Waals surface area contributed by atoms with Crippen LogP contribution >= 0.6 is 11.3 Å². The van der Waals surface area contributed by atoms with Gasteiger partial charge in [-0.1, -0.05) is 6.92 Å². The van der Waals surface area contributed by atoms with Crippen molar-refractivity contribution in [3.05, 3.63) is 22.5 Å². The molecule has 2 N–H and O–H groups in total. The number of aliphatic hydroxyl groups is 1. The lowest BCUT2D eigenvalue weighted by molar-refractivity contribution is 0.168. The Balaban J connectivity index is 2.26. The molecule has 0 aliphatic heterocycles. The number of hydrogen-bond acceptors (Lipinski definition) is 4. The van der Waals surface area contributed by atoms with E-state index >= 15 is 0 Å². The second-order valence-electron chi connectivity index (χ2n) is 5.06. The van der Waals surface area contributed by atoms with Crippen LogP contribution in [0.25, 0.3) is 4.96 Å². The van der Waals surface area contributed by atoms with Crippen LogP contribution in [0.1, 0.15) is 37.4 Å². The van der Waals surface area contributed by atoms with E-state index in [0.29, 0.717) is 0 Å². The van der Waals surface area contributed by atoms with Crippen molar-refractivity contribution in [1.29, 1.82) is 0 Å². The summed E-state index contributed by atoms with van der Waals surface area (Å²) in [4.78, 5) is 5.61. The summed E-state index contributed by atoms with van der Waals surface area (Å²) in [6.07, 6.45) is 0.896. The van der Waals surface area contributed by atoms with Crippen LogP contribution in [0.15, 0.2) is 5.38 Å². The first-order valence-corrected chi connectivity index (χ1v) is 7.16. The molecular weight excluding hydrogens is 246 g/mol. The summed E-state index contributed by atoms with van der Waals surface area (Å²) in [5.74, 6) is 0. The van der Waals surface area contributed by atoms with Gasteiger partial charge in [0, 0.05) is 23.2 Å². The van der Waals surface area contributed by atoms with Gasteiger partial charge in [-0.2, -0.15) is 0 Å². The van der Waals surface area contributed by atoms with Crippen LogP contribution < -0.4 is 5.32 Å². The van der Waals surface area contributed by atoms with Crippen LogP contribution in [0.2, 0.25) is 0 Å². The average Bonchev–Trinajstić information content (AvgIpc) is 2.87. The fraction of sp³-hybridized carbons (Fsp3) is 0.615. The first-order valence-electron chi connectivity index (χ1n) is 6.28. The van der Waals surface area contributed by atoms with Gasteiger partial charge in [0.1, 0.15) is 0 Å². The highest BCUT2D eigenvalue weighted by molar-refractivity contribution is 7.15. The van der Waals surface area contributed by atoms with E-state index in [2.05, 4.69) is 33.9 Å². The topological polar surface area (TPSA) is 49.6 Å². The molecule has 2 aromatic heterocycles. The van der Waals surface area contributed by atoms with Crippen molar-refractivity contribution in [2.24, 2.45) is 0 Å². The molecule has 0 radical (unpaired) electrons. The van der Waals surface area contributed by atoms with Gasteiger partial charge in [0.15, 0.2) is 4.96 Å². The van der Waals surface area contributed by atoms with E-state index in [9.17, 15) is 5.11 Å². The van der Waals surface area contributed by atoms with E-state index in [4.69, 9.17) is 0 Å². The summed E-state index contributed by atoms with van der Waals surface area (Å²) in [5, 5.41) is 15.0. The molecule has 2 heterocycles. The van der Waals surface area contributed by atoms with E-state index in [1.54, 1.807) is 11.3 Å². The van der Waals surface area contributed by atoms with Gasteiger partial charge in [-0.25, -0.2) is 4.98 Å². The second kappa shape index (κ2) is 4.99. The summed E-state index contributed by atoms with van der Waals surface area (Å²) < 4.78 is 2.19. The van der Waals surface area contributed by atoms with Crippen LogP contribution in [0, 0.1) is 13.8 Å². The predicted octanol–water partition coefficient (Wildman–Crippen LogP) is 2.26. The molecule has 0 saturated carbocycles. The molecule has 18 heavy (non-hydrogen) atoms. The minimum absolute atomic E-state index is 0.146. The molecule has 5 heteroatoms. The maximum Gasteiger partial charge on any atom is 0.194 e. The fourth-order valence-corrected chi connectivity index (χ4v) is 2.90. The van der Waals surface area contributed by atoms with Gasteiger partial charge < -0.3 is 10.4 Å². The third kappa shape index (κ3) is 2.30. The Kier molecular flexibility index (Phi) is 3.75. The zero-order chi connectivity index (χ0) is 13.3. The molecule has 4 nitrogen and oxygen atoms in total. The van der Waals surface area contributed by atoms with Crippen molar-refractivity contribution < 1.29 is 5.11 Å². The van der Waals surface area contributed by atoms with Gasteiger partial charge in [-0.05, 0) is 27.2 Å². The Morgan fingerprint density at radius 1 is 1.50 bits per heavy atom. The van der Waals surface area contributed by atoms with Crippen LogP contribution in [-0.4, -0.2) is 26.6 Å². The lowest BCUT2D eigenvalue weighted by Crippen LogP contribution is -2.44. The molecule has 1 unspecified atom stereocenters. The number of thiazole rings is 1. The molecule has 0 saturated heterocycles. The highest BCUT2D eigenvalue weighted by Gasteiger charge is 2.21. The zero-order valence-corrected chi connectivity index (χ0v) is 12.3. The van der Waals surface area contributed by atoms with Crippen LogP contribution in [0.5, 0.6) is 0 Å². The third-order valence-corrected chi connectivity index (χ3v) is 4.59. The van der Waals surface area contributed by atoms with E-state index in [1.165, 1.54) is 11.4 Å². The van der Waals surface area contributed by atoms with Crippen molar-refractivity contribution in [2.45, 2.75) is 46.2 Å². The van der Waals surface area contributed by atoms with Crippen LogP contribution in [0.3, 0.4) is 0 Å². The van der Waals surface area contributed by atoms with E-state index in [1.807, 2.05) is 13.8 Å². The standard InChI is InChI=1S/C13H21N3OS/c1-5-13(4,8-17)14-6-11-10(3)15-12-16(11)9(2)7-18-12/h7,14,17H,5-6,8H2,1-4H3. The minimum Gasteiger partial charge on any atom is -0.394 e. The number of fused-ring (bicyclic) bond motifs is 1. The van der Waals surface area contributed by atoms with Gasteiger partial charge >= 0.3 is 0 Å². The Labute approximate surface area is 112 Å². The lowest BCUT2D eigenvalue weighted by atomic mass is 10.0. The number of hydrogen-bond donors (Lipinski definition) is 2. The molecule has 0 fully saturated rings. The summed E-state index contributed by atoms with van der Waals surface area (Å²) in [5.41, 5.74) is 3.25. The zero-order valence-electron chi connectivity index (χ0n) is 11.4. The number of aliphatic hydroxyl groups excluding tert-OH is 1. The monoisotopic (exact) mass is 267 g/mol. The Morgan fingerprint density at radius 2 is 2.22 bits per heavy atom. The second-order valence-corrected chi connectivity index (χ2v) is 5.90. The van der Waals surface area contributed by atoms with Crippen molar-refractivity contribution in [3.8, 4) is 0 Å². The fourth-order valence-electron chi connectivity index (χ4n) is 1.97. The first kappa shape index (κ1) is 13.5. The summed E-state index contributed by atoms with van der Waals surface area (Å²) in [6, 6.07) is 0. The molecule has 0 aromatic carbocycles. The minimum atomic E-state index is -0.222. The maximum absolute atomic E-state index is 9.43. The van der Waals surface area contributed by atoms with Crippen molar-refractivity contribution in [2.75, 3.05) is 6.61 Å². The van der Waals surface area contributed by atoms with Gasteiger partial charge in [0.05, 0.1) is 18.0 Å². The Hall–Kier alpha value is -0.910. The van der Waals surface area contributed by atoms with Gasteiger partial charge in [0.2, 0.25) is 0 Å². The maximum atomic E-state index is 9.43. The molecule has 0 spiro atoms. The number of nitrogens with one attached hydrogen (secondary N) is 1. The van der Waals surface area contributed by atoms with E-state index < -0.39 is 0 Å². The summed E-state index contributed by atoms with van der Waals surface area (Å²) in [6.45, 7) is 9.14. The molecule has 1 atom stereocenters. The molecule has 2 aromatic rings. The van der Waals surface area contributed by atoms with Crippen LogP contribution in [-0.2, 0) is 6.54 Å². The van der Waals surface area contributed by atoms with Crippen molar-refractivity contribution >= 4 is 16.3 Å². The SMILES string of the molecule is CCC(C)(CO)NCc1c(C)nc2scc(C)n12. The number of aryl methyl sites for hydroxylation is 2. The quantitative estimate of drug-likeness (QED) is 0.873. The molecule has 0 bridgehead atoms. The normalized spacial score (nSPS) is 15.2. The first-order chi connectivity index (χ1) is 8.50. The average molecular weight is 267 g/mol. The molecule has 0 amide bonds. The third-order valence-electron chi connectivity index (χ3n) is 3.64. The Morgan fingerprint density at radius 3 is 2.83 bits per heavy atom. The van der Waals surface area contributed by atoms with E-state index in [-0.39, 0.29) is 12.1 Å². The highest BCUT2D eigenvalue weighted by atomic mass is 32.1. The Bertz CT molecular complexity index is 540. The summed E-state index contributed by atoms with van der Waals surface area (Å²) >= 11 is 1.67. The van der Waals surface area contributed by atoms with Gasteiger partial charge in [-0.3, -0.25) is 4.40 Å². The predicted molar refractivity (Wildman–Crippen MR) is 75.2 cm³/mol.